The number of nitriles is 1. The number of ether oxygens (including phenoxy) is 1. The largest absolute Gasteiger partial charge is 0.378 e. The highest BCUT2D eigenvalue weighted by atomic mass is 35.5. The third kappa shape index (κ3) is 3.20. The smallest absolute Gasteiger partial charge is 0.126 e. The second kappa shape index (κ2) is 7.16. The number of hydrogen-bond donors (Lipinski definition) is 1. The van der Waals surface area contributed by atoms with Gasteiger partial charge in [0.05, 0.1) is 41.4 Å². The normalized spacial score (nSPS) is 26.3. The number of benzene rings is 1. The molecule has 2 unspecified atom stereocenters. The van der Waals surface area contributed by atoms with E-state index in [0.29, 0.717) is 13.2 Å². The van der Waals surface area contributed by atoms with Crippen molar-refractivity contribution >= 4 is 33.9 Å². The lowest BCUT2D eigenvalue weighted by molar-refractivity contribution is 0.0655. The van der Waals surface area contributed by atoms with Crippen LogP contribution >= 0.6 is 11.6 Å². The maximum Gasteiger partial charge on any atom is 0.126 e. The van der Waals surface area contributed by atoms with Gasteiger partial charge in [0.25, 0.3) is 0 Å². The Hall–Kier alpha value is -2.07. The van der Waals surface area contributed by atoms with Gasteiger partial charge in [0.1, 0.15) is 5.82 Å². The zero-order chi connectivity index (χ0) is 19.0. The van der Waals surface area contributed by atoms with Gasteiger partial charge in [-0.05, 0) is 30.5 Å². The van der Waals surface area contributed by atoms with Gasteiger partial charge in [0, 0.05) is 44.8 Å². The molecule has 6 nitrogen and oxygen atoms in total. The number of halogens is 1. The SMILES string of the molecule is CNc1cc2cc(N3CCN(C4(C)COCC4C#N)CC3)c(Cl)cc2cn1. The van der Waals surface area contributed by atoms with Gasteiger partial charge in [0.15, 0.2) is 0 Å². The fourth-order valence-corrected chi connectivity index (χ4v) is 4.43. The number of piperazine rings is 1. The molecule has 0 saturated carbocycles. The summed E-state index contributed by atoms with van der Waals surface area (Å²) in [5.74, 6) is 0.776. The first-order chi connectivity index (χ1) is 13.0. The molecule has 0 spiro atoms. The number of fused-ring (bicyclic) bond motifs is 1. The highest BCUT2D eigenvalue weighted by molar-refractivity contribution is 6.34. The molecule has 2 aliphatic rings. The van der Waals surface area contributed by atoms with E-state index >= 15 is 0 Å². The maximum absolute atomic E-state index is 9.45. The summed E-state index contributed by atoms with van der Waals surface area (Å²) in [6, 6.07) is 8.60. The molecule has 1 aromatic heterocycles. The fourth-order valence-electron chi connectivity index (χ4n) is 4.14. The van der Waals surface area contributed by atoms with Gasteiger partial charge < -0.3 is 15.0 Å². The molecule has 2 aromatic rings. The summed E-state index contributed by atoms with van der Waals surface area (Å²) in [5.41, 5.74) is 0.864. The van der Waals surface area contributed by atoms with Crippen LogP contribution in [0.2, 0.25) is 5.02 Å². The van der Waals surface area contributed by atoms with Gasteiger partial charge in [-0.1, -0.05) is 11.6 Å². The van der Waals surface area contributed by atoms with E-state index in [9.17, 15) is 5.26 Å². The van der Waals surface area contributed by atoms with Crippen LogP contribution in [0.25, 0.3) is 10.8 Å². The fraction of sp³-hybridized carbons (Fsp3) is 0.500. The van der Waals surface area contributed by atoms with Crippen LogP contribution < -0.4 is 10.2 Å². The summed E-state index contributed by atoms with van der Waals surface area (Å²) in [6.45, 7) is 6.85. The zero-order valence-corrected chi connectivity index (χ0v) is 16.5. The van der Waals surface area contributed by atoms with E-state index in [1.807, 2.05) is 25.4 Å². The molecule has 3 heterocycles. The van der Waals surface area contributed by atoms with Crippen LogP contribution in [0.3, 0.4) is 0 Å². The van der Waals surface area contributed by atoms with Crippen molar-refractivity contribution in [3.8, 4) is 6.07 Å². The first-order valence-corrected chi connectivity index (χ1v) is 9.67. The number of nitrogens with one attached hydrogen (secondary N) is 1. The van der Waals surface area contributed by atoms with E-state index in [1.54, 1.807) is 0 Å². The highest BCUT2D eigenvalue weighted by Gasteiger charge is 2.45. The van der Waals surface area contributed by atoms with Gasteiger partial charge >= 0.3 is 0 Å². The van der Waals surface area contributed by atoms with E-state index in [2.05, 4.69) is 39.2 Å². The van der Waals surface area contributed by atoms with Crippen LogP contribution in [0, 0.1) is 17.2 Å². The monoisotopic (exact) mass is 385 g/mol. The van der Waals surface area contributed by atoms with Crippen molar-refractivity contribution in [2.45, 2.75) is 12.5 Å². The minimum absolute atomic E-state index is 0.0687. The molecule has 1 N–H and O–H groups in total. The summed E-state index contributed by atoms with van der Waals surface area (Å²) in [6.07, 6.45) is 1.84. The quantitative estimate of drug-likeness (QED) is 0.876. The first kappa shape index (κ1) is 18.3. The number of aromatic nitrogens is 1. The first-order valence-electron chi connectivity index (χ1n) is 9.29. The standard InChI is InChI=1S/C20H24ClN5O/c1-20(13-27-12-16(20)10-22)26-5-3-25(4-6-26)18-8-14-9-19(23-2)24-11-15(14)7-17(18)21/h7-9,11,16H,3-6,12-13H2,1-2H3,(H,23,24). The average molecular weight is 386 g/mol. The lowest BCUT2D eigenvalue weighted by atomic mass is 9.87. The molecule has 2 aliphatic heterocycles. The van der Waals surface area contributed by atoms with Crippen molar-refractivity contribution in [1.29, 1.82) is 5.26 Å². The second-order valence-corrected chi connectivity index (χ2v) is 7.91. The average Bonchev–Trinajstić information content (AvgIpc) is 3.09. The van der Waals surface area contributed by atoms with Crippen LogP contribution in [0.15, 0.2) is 24.4 Å². The van der Waals surface area contributed by atoms with E-state index in [1.165, 1.54) is 0 Å². The summed E-state index contributed by atoms with van der Waals surface area (Å²) in [7, 11) is 1.87. The lowest BCUT2D eigenvalue weighted by Gasteiger charge is -2.45. The molecule has 0 aliphatic carbocycles. The lowest BCUT2D eigenvalue weighted by Crippen LogP contribution is -2.58. The van der Waals surface area contributed by atoms with E-state index in [-0.39, 0.29) is 11.5 Å². The minimum Gasteiger partial charge on any atom is -0.378 e. The molecule has 2 atom stereocenters. The molecule has 1 aromatic carbocycles. The summed E-state index contributed by atoms with van der Waals surface area (Å²) in [4.78, 5) is 9.09. The Labute approximate surface area is 164 Å². The number of pyridine rings is 1. The Balaban J connectivity index is 1.54. The second-order valence-electron chi connectivity index (χ2n) is 7.50. The van der Waals surface area contributed by atoms with Gasteiger partial charge in [0.2, 0.25) is 0 Å². The van der Waals surface area contributed by atoms with Crippen LogP contribution in [0.4, 0.5) is 11.5 Å². The number of anilines is 2. The molecule has 0 amide bonds. The molecular weight excluding hydrogens is 362 g/mol. The molecule has 0 radical (unpaired) electrons. The van der Waals surface area contributed by atoms with Crippen molar-refractivity contribution < 1.29 is 4.74 Å². The molecule has 2 saturated heterocycles. The predicted molar refractivity (Wildman–Crippen MR) is 108 cm³/mol. The van der Waals surface area contributed by atoms with Crippen LogP contribution in [0.1, 0.15) is 6.92 Å². The Morgan fingerprint density at radius 3 is 2.74 bits per heavy atom. The third-order valence-corrected chi connectivity index (χ3v) is 6.27. The van der Waals surface area contributed by atoms with Crippen molar-refractivity contribution in [2.75, 3.05) is 56.7 Å². The van der Waals surface area contributed by atoms with Gasteiger partial charge in [-0.15, -0.1) is 0 Å². The maximum atomic E-state index is 9.45. The third-order valence-electron chi connectivity index (χ3n) is 5.97. The molecular formula is C20H24ClN5O. The van der Waals surface area contributed by atoms with Gasteiger partial charge in [-0.2, -0.15) is 5.26 Å². The Morgan fingerprint density at radius 1 is 1.26 bits per heavy atom. The predicted octanol–water partition coefficient (Wildman–Crippen LogP) is 2.98. The number of nitrogens with zero attached hydrogens (tertiary/aromatic N) is 4. The summed E-state index contributed by atoms with van der Waals surface area (Å²) < 4.78 is 5.61. The summed E-state index contributed by atoms with van der Waals surface area (Å²) in [5, 5.41) is 15.4. The van der Waals surface area contributed by atoms with Crippen LogP contribution in [-0.4, -0.2) is 61.9 Å². The summed E-state index contributed by atoms with van der Waals surface area (Å²) >= 11 is 6.58. The van der Waals surface area contributed by atoms with Crippen molar-refractivity contribution in [3.63, 3.8) is 0 Å². The van der Waals surface area contributed by atoms with Crippen LogP contribution in [-0.2, 0) is 4.74 Å². The highest BCUT2D eigenvalue weighted by Crippen LogP contribution is 2.35. The van der Waals surface area contributed by atoms with E-state index < -0.39 is 0 Å². The van der Waals surface area contributed by atoms with E-state index in [4.69, 9.17) is 16.3 Å². The molecule has 4 rings (SSSR count). The van der Waals surface area contributed by atoms with E-state index in [0.717, 1.165) is 53.5 Å². The van der Waals surface area contributed by atoms with Crippen LogP contribution in [0.5, 0.6) is 0 Å². The molecule has 142 valence electrons. The zero-order valence-electron chi connectivity index (χ0n) is 15.7. The Morgan fingerprint density at radius 2 is 2.04 bits per heavy atom. The number of hydrogen-bond acceptors (Lipinski definition) is 6. The molecule has 0 bridgehead atoms. The Bertz CT molecular complexity index is 890. The number of rotatable bonds is 3. The Kier molecular flexibility index (Phi) is 4.85. The van der Waals surface area contributed by atoms with Gasteiger partial charge in [-0.25, -0.2) is 4.98 Å². The van der Waals surface area contributed by atoms with Crippen molar-refractivity contribution in [2.24, 2.45) is 5.92 Å². The minimum atomic E-state index is -0.193. The molecule has 27 heavy (non-hydrogen) atoms. The molecule has 7 heteroatoms. The topological polar surface area (TPSA) is 64.4 Å². The van der Waals surface area contributed by atoms with Crippen molar-refractivity contribution in [1.82, 2.24) is 9.88 Å². The molecule has 2 fully saturated rings. The van der Waals surface area contributed by atoms with Crippen molar-refractivity contribution in [3.05, 3.63) is 29.4 Å². The van der Waals surface area contributed by atoms with Gasteiger partial charge in [-0.3, -0.25) is 4.90 Å².